The number of benzene rings is 1. The number of fused-ring (bicyclic) bond motifs is 3. The number of hydrogen-bond acceptors (Lipinski definition) is 7. The molecule has 0 aliphatic carbocycles. The molecule has 2 fully saturated rings. The molecule has 3 aliphatic heterocycles. The number of hydrogen-bond donors (Lipinski definition) is 3. The van der Waals surface area contributed by atoms with Gasteiger partial charge < -0.3 is 20.6 Å². The minimum Gasteiger partial charge on any atom is -0.507 e. The van der Waals surface area contributed by atoms with Crippen molar-refractivity contribution in [2.24, 2.45) is 5.92 Å². The monoisotopic (exact) mass is 394 g/mol. The van der Waals surface area contributed by atoms with Gasteiger partial charge in [0.2, 0.25) is 0 Å². The molecule has 3 N–H and O–H groups in total. The number of nitrogens with one attached hydrogen (secondary N) is 2. The van der Waals surface area contributed by atoms with Crippen LogP contribution in [-0.2, 0) is 0 Å². The number of rotatable bonds is 3. The fourth-order valence-electron chi connectivity index (χ4n) is 4.98. The Morgan fingerprint density at radius 1 is 1.14 bits per heavy atom. The number of anilines is 2. The van der Waals surface area contributed by atoms with Crippen LogP contribution in [0, 0.1) is 5.92 Å². The predicted molar refractivity (Wildman–Crippen MR) is 115 cm³/mol. The van der Waals surface area contributed by atoms with Crippen molar-refractivity contribution in [2.75, 3.05) is 49.5 Å². The number of nitrogens with zero attached hydrogens (tertiary/aromatic N) is 4. The first-order chi connectivity index (χ1) is 14.2. The molecule has 29 heavy (non-hydrogen) atoms. The summed E-state index contributed by atoms with van der Waals surface area (Å²) in [4.78, 5) is 5.18. The van der Waals surface area contributed by atoms with Gasteiger partial charge in [-0.15, -0.1) is 10.2 Å². The van der Waals surface area contributed by atoms with Crippen LogP contribution in [0.5, 0.6) is 5.75 Å². The molecule has 0 radical (unpaired) electrons. The van der Waals surface area contributed by atoms with Crippen LogP contribution < -0.4 is 15.5 Å². The minimum absolute atomic E-state index is 0.238. The molecule has 2 saturated heterocycles. The number of phenols is 1. The van der Waals surface area contributed by atoms with Gasteiger partial charge in [-0.2, -0.15) is 0 Å². The van der Waals surface area contributed by atoms with Crippen LogP contribution in [0.15, 0.2) is 30.3 Å². The van der Waals surface area contributed by atoms with Crippen LogP contribution in [0.2, 0.25) is 0 Å². The van der Waals surface area contributed by atoms with Crippen LogP contribution >= 0.6 is 0 Å². The molecule has 7 nitrogen and oxygen atoms in total. The number of piperazine rings is 1. The second-order valence-corrected chi connectivity index (χ2v) is 8.66. The number of piperidine rings is 1. The highest BCUT2D eigenvalue weighted by Crippen LogP contribution is 2.37. The smallest absolute Gasteiger partial charge is 0.172 e. The van der Waals surface area contributed by atoms with Gasteiger partial charge in [-0.3, -0.25) is 4.90 Å². The van der Waals surface area contributed by atoms with Crippen molar-refractivity contribution in [1.82, 2.24) is 20.4 Å². The van der Waals surface area contributed by atoms with Crippen molar-refractivity contribution in [3.8, 4) is 17.0 Å². The SMILES string of the molecule is C[C@H]1CN2c3cc(-c4ccccc4O)nnc3NC[C@H]2CN1CC1CCNCC1. The normalized spacial score (nSPS) is 25.2. The summed E-state index contributed by atoms with van der Waals surface area (Å²) in [6.45, 7) is 8.83. The highest BCUT2D eigenvalue weighted by molar-refractivity contribution is 5.76. The standard InChI is InChI=1S/C22H30N6O/c1-15-12-28-17(14-27(15)13-16-6-8-23-9-7-16)11-24-22-20(28)10-19(25-26-22)18-4-2-3-5-21(18)29/h2-5,10,15-17,23,29H,6-9,11-14H2,1H3,(H,24,26)/t15-,17-/m0/s1. The predicted octanol–water partition coefficient (Wildman–Crippen LogP) is 2.15. The van der Waals surface area contributed by atoms with Gasteiger partial charge in [0.25, 0.3) is 0 Å². The molecule has 5 rings (SSSR count). The zero-order valence-electron chi connectivity index (χ0n) is 17.0. The van der Waals surface area contributed by atoms with E-state index in [1.54, 1.807) is 6.07 Å². The van der Waals surface area contributed by atoms with E-state index >= 15 is 0 Å². The molecular formula is C22H30N6O. The highest BCUT2D eigenvalue weighted by atomic mass is 16.3. The molecule has 2 aromatic rings. The number of para-hydroxylation sites is 1. The summed E-state index contributed by atoms with van der Waals surface area (Å²) in [7, 11) is 0. The van der Waals surface area contributed by atoms with E-state index in [0.717, 1.165) is 55.7 Å². The van der Waals surface area contributed by atoms with Gasteiger partial charge in [0.15, 0.2) is 5.82 Å². The van der Waals surface area contributed by atoms with E-state index < -0.39 is 0 Å². The number of phenolic OH excluding ortho intramolecular Hbond substituents is 1. The second-order valence-electron chi connectivity index (χ2n) is 8.66. The quantitative estimate of drug-likeness (QED) is 0.736. The molecule has 1 aromatic heterocycles. The molecule has 0 unspecified atom stereocenters. The van der Waals surface area contributed by atoms with Gasteiger partial charge in [-0.1, -0.05) is 12.1 Å². The zero-order valence-corrected chi connectivity index (χ0v) is 17.0. The molecule has 3 aliphatic rings. The van der Waals surface area contributed by atoms with Crippen LogP contribution in [0.1, 0.15) is 19.8 Å². The van der Waals surface area contributed by atoms with Gasteiger partial charge in [0.05, 0.1) is 17.4 Å². The molecule has 0 spiro atoms. The van der Waals surface area contributed by atoms with Gasteiger partial charge in [-0.25, -0.2) is 0 Å². The largest absolute Gasteiger partial charge is 0.507 e. The topological polar surface area (TPSA) is 76.5 Å². The lowest BCUT2D eigenvalue weighted by molar-refractivity contribution is 0.127. The molecule has 0 amide bonds. The molecule has 0 saturated carbocycles. The third kappa shape index (κ3) is 3.65. The van der Waals surface area contributed by atoms with Crippen molar-refractivity contribution in [1.29, 1.82) is 0 Å². The zero-order chi connectivity index (χ0) is 19.8. The molecule has 0 bridgehead atoms. The summed E-state index contributed by atoms with van der Waals surface area (Å²) in [6.07, 6.45) is 2.58. The Hall–Kier alpha value is -2.38. The van der Waals surface area contributed by atoms with Crippen molar-refractivity contribution in [2.45, 2.75) is 31.8 Å². The molecule has 7 heteroatoms. The van der Waals surface area contributed by atoms with Gasteiger partial charge in [0.1, 0.15) is 5.75 Å². The maximum atomic E-state index is 10.2. The first kappa shape index (κ1) is 18.6. The van der Waals surface area contributed by atoms with Crippen molar-refractivity contribution < 1.29 is 5.11 Å². The summed E-state index contributed by atoms with van der Waals surface area (Å²) >= 11 is 0. The summed E-state index contributed by atoms with van der Waals surface area (Å²) in [6, 6.07) is 10.3. The lowest BCUT2D eigenvalue weighted by Crippen LogP contribution is -2.62. The highest BCUT2D eigenvalue weighted by Gasteiger charge is 2.36. The minimum atomic E-state index is 0.238. The Morgan fingerprint density at radius 2 is 1.97 bits per heavy atom. The van der Waals surface area contributed by atoms with Gasteiger partial charge in [0, 0.05) is 37.8 Å². The van der Waals surface area contributed by atoms with Crippen LogP contribution in [0.25, 0.3) is 11.3 Å². The molecule has 154 valence electrons. The molecule has 2 atom stereocenters. The average Bonchev–Trinajstić information content (AvgIpc) is 2.75. The Morgan fingerprint density at radius 3 is 2.79 bits per heavy atom. The average molecular weight is 395 g/mol. The van der Waals surface area contributed by atoms with E-state index in [4.69, 9.17) is 0 Å². The van der Waals surface area contributed by atoms with Crippen LogP contribution in [-0.4, -0.2) is 71.6 Å². The van der Waals surface area contributed by atoms with E-state index in [-0.39, 0.29) is 5.75 Å². The van der Waals surface area contributed by atoms with Crippen LogP contribution in [0.3, 0.4) is 0 Å². The Balaban J connectivity index is 1.37. The van der Waals surface area contributed by atoms with Crippen molar-refractivity contribution in [3.63, 3.8) is 0 Å². The summed E-state index contributed by atoms with van der Waals surface area (Å²) in [5, 5.41) is 26.0. The Bertz CT molecular complexity index is 868. The molecular weight excluding hydrogens is 364 g/mol. The third-order valence-electron chi connectivity index (χ3n) is 6.69. The van der Waals surface area contributed by atoms with Crippen molar-refractivity contribution in [3.05, 3.63) is 30.3 Å². The van der Waals surface area contributed by atoms with Crippen molar-refractivity contribution >= 4 is 11.5 Å². The van der Waals surface area contributed by atoms with E-state index in [0.29, 0.717) is 17.8 Å². The lowest BCUT2D eigenvalue weighted by atomic mass is 9.95. The summed E-state index contributed by atoms with van der Waals surface area (Å²) in [5.41, 5.74) is 2.54. The maximum Gasteiger partial charge on any atom is 0.172 e. The van der Waals surface area contributed by atoms with Crippen LogP contribution in [0.4, 0.5) is 11.5 Å². The molecule has 1 aromatic carbocycles. The number of aromatic nitrogens is 2. The first-order valence-electron chi connectivity index (χ1n) is 10.8. The third-order valence-corrected chi connectivity index (χ3v) is 6.69. The summed E-state index contributed by atoms with van der Waals surface area (Å²) < 4.78 is 0. The maximum absolute atomic E-state index is 10.2. The van der Waals surface area contributed by atoms with Gasteiger partial charge in [-0.05, 0) is 57.0 Å². The van der Waals surface area contributed by atoms with E-state index in [9.17, 15) is 5.11 Å². The second kappa shape index (κ2) is 7.80. The lowest BCUT2D eigenvalue weighted by Gasteiger charge is -2.49. The number of aromatic hydroxyl groups is 1. The fourth-order valence-corrected chi connectivity index (χ4v) is 4.98. The Labute approximate surface area is 172 Å². The fraction of sp³-hybridized carbons (Fsp3) is 0.545. The van der Waals surface area contributed by atoms with E-state index in [2.05, 4.69) is 43.6 Å². The van der Waals surface area contributed by atoms with Gasteiger partial charge >= 0.3 is 0 Å². The van der Waals surface area contributed by atoms with E-state index in [1.807, 2.05) is 18.2 Å². The molecule has 4 heterocycles. The summed E-state index contributed by atoms with van der Waals surface area (Å²) in [5.74, 6) is 1.90. The van der Waals surface area contributed by atoms with E-state index in [1.165, 1.54) is 19.4 Å². The Kier molecular flexibility index (Phi) is 5.01. The first-order valence-corrected chi connectivity index (χ1v) is 10.8.